The number of halogens is 3. The fraction of sp³-hybridized carbons (Fsp3) is 0.625. The Hall–Kier alpha value is -1.51. The number of hydrogen-bond donors (Lipinski definition) is 2. The second-order valence-corrected chi connectivity index (χ2v) is 5.62. The van der Waals surface area contributed by atoms with Crippen molar-refractivity contribution in [1.82, 2.24) is 10.2 Å². The van der Waals surface area contributed by atoms with Crippen molar-refractivity contribution in [2.45, 2.75) is 25.2 Å². The lowest BCUT2D eigenvalue weighted by atomic mass is 9.98. The summed E-state index contributed by atoms with van der Waals surface area (Å²) in [4.78, 5) is 2.20. The number of methoxy groups -OCH3 is 1. The third-order valence-electron chi connectivity index (χ3n) is 4.02. The van der Waals surface area contributed by atoms with Crippen molar-refractivity contribution < 1.29 is 27.8 Å². The van der Waals surface area contributed by atoms with Crippen LogP contribution in [-0.2, 0) is 0 Å². The fourth-order valence-electron chi connectivity index (χ4n) is 2.98. The summed E-state index contributed by atoms with van der Waals surface area (Å²) in [6.45, 7) is 3.23. The zero-order valence-corrected chi connectivity index (χ0v) is 13.6. The van der Waals surface area contributed by atoms with E-state index in [0.717, 1.165) is 26.2 Å². The number of hydrogen-bond acceptors (Lipinski definition) is 5. The Balaban J connectivity index is 2.32. The first-order valence-corrected chi connectivity index (χ1v) is 7.94. The van der Waals surface area contributed by atoms with Gasteiger partial charge < -0.3 is 19.9 Å². The molecule has 1 fully saturated rings. The van der Waals surface area contributed by atoms with Crippen LogP contribution in [0.2, 0.25) is 0 Å². The predicted molar refractivity (Wildman–Crippen MR) is 83.2 cm³/mol. The van der Waals surface area contributed by atoms with Crippen LogP contribution in [0.3, 0.4) is 0 Å². The highest BCUT2D eigenvalue weighted by Crippen LogP contribution is 2.36. The van der Waals surface area contributed by atoms with Crippen molar-refractivity contribution in [3.05, 3.63) is 23.8 Å². The van der Waals surface area contributed by atoms with E-state index in [9.17, 15) is 13.2 Å². The Bertz CT molecular complexity index is 520. The molecule has 0 bridgehead atoms. The Morgan fingerprint density at radius 2 is 2.00 bits per heavy atom. The van der Waals surface area contributed by atoms with E-state index in [-0.39, 0.29) is 18.4 Å². The summed E-state index contributed by atoms with van der Waals surface area (Å²) in [6.07, 6.45) is -3.55. The first-order chi connectivity index (χ1) is 11.4. The lowest BCUT2D eigenvalue weighted by Crippen LogP contribution is -2.45. The minimum atomic E-state index is -4.73. The molecule has 0 aromatic heterocycles. The van der Waals surface area contributed by atoms with E-state index >= 15 is 0 Å². The van der Waals surface area contributed by atoms with Crippen LogP contribution in [0.1, 0.15) is 24.4 Å². The average Bonchev–Trinajstić information content (AvgIpc) is 2.55. The maximum absolute atomic E-state index is 12.5. The molecule has 0 spiro atoms. The van der Waals surface area contributed by atoms with E-state index in [1.807, 2.05) is 0 Å². The number of ether oxygens (including phenoxy) is 2. The van der Waals surface area contributed by atoms with Crippen LogP contribution >= 0.6 is 0 Å². The van der Waals surface area contributed by atoms with Gasteiger partial charge in [-0.15, -0.1) is 13.2 Å². The van der Waals surface area contributed by atoms with Crippen LogP contribution in [-0.4, -0.2) is 56.3 Å². The number of aliphatic hydroxyl groups excluding tert-OH is 1. The Kier molecular flexibility index (Phi) is 6.70. The molecule has 2 N–H and O–H groups in total. The van der Waals surface area contributed by atoms with Crippen LogP contribution in [0.4, 0.5) is 13.2 Å². The van der Waals surface area contributed by atoms with Crippen molar-refractivity contribution >= 4 is 0 Å². The van der Waals surface area contributed by atoms with Gasteiger partial charge in [0.15, 0.2) is 0 Å². The van der Waals surface area contributed by atoms with Crippen molar-refractivity contribution in [3.8, 4) is 11.5 Å². The molecular formula is C16H23F3N2O3. The molecule has 136 valence electrons. The van der Waals surface area contributed by atoms with Crippen molar-refractivity contribution in [2.75, 3.05) is 39.9 Å². The second kappa shape index (κ2) is 8.55. The molecule has 1 aliphatic rings. The second-order valence-electron chi connectivity index (χ2n) is 5.62. The minimum absolute atomic E-state index is 0.0314. The largest absolute Gasteiger partial charge is 0.573 e. The zero-order chi connectivity index (χ0) is 17.6. The predicted octanol–water partition coefficient (Wildman–Crippen LogP) is 2.31. The standard InChI is InChI=1S/C16H23F3N2O3/c1-23-15-5-4-12(24-16(17,18)19)11-13(15)14(3-2-10-22)21-8-6-20-7-9-21/h4-5,11,14,20,22H,2-3,6-10H2,1H3/t14-/m1/s1. The number of alkyl halides is 3. The highest BCUT2D eigenvalue weighted by molar-refractivity contribution is 5.42. The number of piperazine rings is 1. The normalized spacial score (nSPS) is 17.5. The monoisotopic (exact) mass is 348 g/mol. The van der Waals surface area contributed by atoms with Crippen LogP contribution in [0.15, 0.2) is 18.2 Å². The van der Waals surface area contributed by atoms with E-state index in [2.05, 4.69) is 15.0 Å². The van der Waals surface area contributed by atoms with E-state index < -0.39 is 6.36 Å². The van der Waals surface area contributed by atoms with Gasteiger partial charge in [0.1, 0.15) is 11.5 Å². The Labute approximate surface area is 139 Å². The van der Waals surface area contributed by atoms with Gasteiger partial charge in [-0.1, -0.05) is 0 Å². The van der Waals surface area contributed by atoms with Crippen LogP contribution in [0.25, 0.3) is 0 Å². The molecule has 1 heterocycles. The first kappa shape index (κ1) is 18.8. The molecule has 0 unspecified atom stereocenters. The number of aliphatic hydroxyl groups is 1. The quantitative estimate of drug-likeness (QED) is 0.792. The molecular weight excluding hydrogens is 325 g/mol. The zero-order valence-electron chi connectivity index (χ0n) is 13.6. The topological polar surface area (TPSA) is 54.0 Å². The molecule has 1 aromatic rings. The molecule has 0 amide bonds. The van der Waals surface area contributed by atoms with Gasteiger partial charge >= 0.3 is 6.36 Å². The molecule has 1 aliphatic heterocycles. The van der Waals surface area contributed by atoms with Crippen LogP contribution < -0.4 is 14.8 Å². The van der Waals surface area contributed by atoms with Gasteiger partial charge in [0, 0.05) is 44.4 Å². The highest BCUT2D eigenvalue weighted by atomic mass is 19.4. The maximum atomic E-state index is 12.5. The molecule has 24 heavy (non-hydrogen) atoms. The molecule has 5 nitrogen and oxygen atoms in total. The smallest absolute Gasteiger partial charge is 0.496 e. The average molecular weight is 348 g/mol. The molecule has 2 rings (SSSR count). The summed E-state index contributed by atoms with van der Waals surface area (Å²) < 4.78 is 46.9. The number of benzene rings is 1. The summed E-state index contributed by atoms with van der Waals surface area (Å²) in [5.41, 5.74) is 0.648. The van der Waals surface area contributed by atoms with Gasteiger partial charge in [0.05, 0.1) is 7.11 Å². The van der Waals surface area contributed by atoms with Gasteiger partial charge in [-0.05, 0) is 31.0 Å². The SMILES string of the molecule is COc1ccc(OC(F)(F)F)cc1[C@@H](CCCO)N1CCNCC1. The molecule has 1 atom stereocenters. The minimum Gasteiger partial charge on any atom is -0.496 e. The summed E-state index contributed by atoms with van der Waals surface area (Å²) >= 11 is 0. The first-order valence-electron chi connectivity index (χ1n) is 7.94. The van der Waals surface area contributed by atoms with E-state index in [0.29, 0.717) is 24.2 Å². The van der Waals surface area contributed by atoms with Gasteiger partial charge in [-0.2, -0.15) is 0 Å². The number of nitrogens with one attached hydrogen (secondary N) is 1. The molecule has 0 aliphatic carbocycles. The third-order valence-corrected chi connectivity index (χ3v) is 4.02. The Morgan fingerprint density at radius 3 is 2.58 bits per heavy atom. The van der Waals surface area contributed by atoms with E-state index in [1.54, 1.807) is 0 Å². The summed E-state index contributed by atoms with van der Waals surface area (Å²) in [7, 11) is 1.49. The summed E-state index contributed by atoms with van der Waals surface area (Å²) in [5.74, 6) is 0.258. The van der Waals surface area contributed by atoms with Gasteiger partial charge in [0.25, 0.3) is 0 Å². The third kappa shape index (κ3) is 5.25. The molecule has 1 saturated heterocycles. The van der Waals surface area contributed by atoms with Gasteiger partial charge in [0.2, 0.25) is 0 Å². The van der Waals surface area contributed by atoms with Crippen molar-refractivity contribution in [2.24, 2.45) is 0 Å². The Morgan fingerprint density at radius 1 is 1.29 bits per heavy atom. The highest BCUT2D eigenvalue weighted by Gasteiger charge is 2.32. The molecule has 8 heteroatoms. The lowest BCUT2D eigenvalue weighted by molar-refractivity contribution is -0.274. The van der Waals surface area contributed by atoms with Crippen LogP contribution in [0.5, 0.6) is 11.5 Å². The maximum Gasteiger partial charge on any atom is 0.573 e. The lowest BCUT2D eigenvalue weighted by Gasteiger charge is -2.36. The molecule has 1 aromatic carbocycles. The summed E-state index contributed by atoms with van der Waals surface area (Å²) in [5, 5.41) is 12.4. The fourth-order valence-corrected chi connectivity index (χ4v) is 2.98. The van der Waals surface area contributed by atoms with Gasteiger partial charge in [-0.3, -0.25) is 4.90 Å². The van der Waals surface area contributed by atoms with Crippen molar-refractivity contribution in [3.63, 3.8) is 0 Å². The van der Waals surface area contributed by atoms with E-state index in [4.69, 9.17) is 9.84 Å². The molecule has 0 radical (unpaired) electrons. The molecule has 0 saturated carbocycles. The number of nitrogens with zero attached hydrogens (tertiary/aromatic N) is 1. The van der Waals surface area contributed by atoms with Crippen molar-refractivity contribution in [1.29, 1.82) is 0 Å². The summed E-state index contributed by atoms with van der Waals surface area (Å²) in [6, 6.07) is 3.99. The van der Waals surface area contributed by atoms with E-state index in [1.165, 1.54) is 25.3 Å². The van der Waals surface area contributed by atoms with Crippen LogP contribution in [0, 0.1) is 0 Å². The van der Waals surface area contributed by atoms with Gasteiger partial charge in [-0.25, -0.2) is 0 Å². The number of rotatable bonds is 7.